The van der Waals surface area contributed by atoms with Crippen molar-refractivity contribution in [3.05, 3.63) is 63.0 Å². The van der Waals surface area contributed by atoms with Gasteiger partial charge in [0.1, 0.15) is 5.82 Å². The molecule has 0 atom stereocenters. The van der Waals surface area contributed by atoms with E-state index in [-0.39, 0.29) is 11.4 Å². The minimum Gasteiger partial charge on any atom is -0.307 e. The highest BCUT2D eigenvalue weighted by Crippen LogP contribution is 2.19. The predicted molar refractivity (Wildman–Crippen MR) is 70.3 cm³/mol. The van der Waals surface area contributed by atoms with Crippen LogP contribution in [-0.4, -0.2) is 15.8 Å². The number of rotatable bonds is 3. The smallest absolute Gasteiger partial charge is 0.304 e. The number of hydrogen-bond donors (Lipinski definition) is 1. The van der Waals surface area contributed by atoms with Crippen LogP contribution in [0.3, 0.4) is 0 Å². The van der Waals surface area contributed by atoms with Crippen LogP contribution in [-0.2, 0) is 0 Å². The van der Waals surface area contributed by atoms with E-state index in [1.54, 1.807) is 0 Å². The third kappa shape index (κ3) is 3.07. The normalized spacial score (nSPS) is 10.1. The van der Waals surface area contributed by atoms with Crippen molar-refractivity contribution in [2.75, 3.05) is 5.32 Å². The Bertz CT molecular complexity index is 676. The second kappa shape index (κ2) is 5.62. The first kappa shape index (κ1) is 13.9. The van der Waals surface area contributed by atoms with Gasteiger partial charge in [0.15, 0.2) is 0 Å². The minimum atomic E-state index is -1.08. The van der Waals surface area contributed by atoms with Gasteiger partial charge in [-0.25, -0.2) is 4.98 Å². The molecule has 0 aliphatic rings. The Morgan fingerprint density at radius 2 is 2.10 bits per heavy atom. The molecule has 102 valence electrons. The fourth-order valence-corrected chi connectivity index (χ4v) is 1.55. The maximum absolute atomic E-state index is 13.4. The lowest BCUT2D eigenvalue weighted by molar-refractivity contribution is -0.387. The van der Waals surface area contributed by atoms with E-state index in [1.165, 1.54) is 18.3 Å². The number of nitrogens with zero attached hydrogens (tertiary/aromatic N) is 2. The van der Waals surface area contributed by atoms with Crippen molar-refractivity contribution in [3.63, 3.8) is 0 Å². The van der Waals surface area contributed by atoms with Gasteiger partial charge in [0.25, 0.3) is 5.91 Å². The largest absolute Gasteiger partial charge is 0.307 e. The first-order valence-corrected chi connectivity index (χ1v) is 5.72. The summed E-state index contributed by atoms with van der Waals surface area (Å²) in [6.07, 6.45) is 1.34. The number of nitro benzene ring substituents is 1. The molecule has 8 heteroatoms. The molecule has 2 rings (SSSR count). The Balaban J connectivity index is 2.19. The standard InChI is InChI=1S/C12H7ClFN3O3/c13-8-2-4-11(15-6-8)16-12(18)7-1-3-10(17(19)20)9(14)5-7/h1-6H,(H,15,16,18). The van der Waals surface area contributed by atoms with E-state index in [9.17, 15) is 19.3 Å². The molecule has 20 heavy (non-hydrogen) atoms. The van der Waals surface area contributed by atoms with Gasteiger partial charge in [0, 0.05) is 17.8 Å². The summed E-state index contributed by atoms with van der Waals surface area (Å²) in [6, 6.07) is 5.89. The van der Waals surface area contributed by atoms with Crippen molar-refractivity contribution in [1.29, 1.82) is 0 Å². The third-order valence-electron chi connectivity index (χ3n) is 2.38. The number of carbonyl (C=O) groups is 1. The molecule has 0 bridgehead atoms. The molecule has 0 radical (unpaired) electrons. The predicted octanol–water partition coefficient (Wildman–Crippen LogP) is 3.03. The average Bonchev–Trinajstić information content (AvgIpc) is 2.40. The van der Waals surface area contributed by atoms with Gasteiger partial charge in [-0.05, 0) is 24.3 Å². The number of hydrogen-bond acceptors (Lipinski definition) is 4. The SMILES string of the molecule is O=C(Nc1ccc(Cl)cn1)c1ccc([N+](=O)[O-])c(F)c1. The number of aromatic nitrogens is 1. The topological polar surface area (TPSA) is 85.1 Å². The second-order valence-corrected chi connectivity index (χ2v) is 4.18. The molecule has 1 heterocycles. The summed E-state index contributed by atoms with van der Waals surface area (Å²) in [5, 5.41) is 13.3. The molecule has 1 N–H and O–H groups in total. The maximum atomic E-state index is 13.4. The molecule has 0 unspecified atom stereocenters. The molecular formula is C12H7ClFN3O3. The molecule has 0 spiro atoms. The number of amides is 1. The van der Waals surface area contributed by atoms with Crippen LogP contribution in [0.5, 0.6) is 0 Å². The Labute approximate surface area is 117 Å². The van der Waals surface area contributed by atoms with E-state index < -0.39 is 22.3 Å². The molecule has 0 saturated carbocycles. The van der Waals surface area contributed by atoms with E-state index in [0.29, 0.717) is 5.02 Å². The molecule has 1 amide bonds. The summed E-state index contributed by atoms with van der Waals surface area (Å²) < 4.78 is 13.4. The minimum absolute atomic E-state index is 0.0511. The molecular weight excluding hydrogens is 289 g/mol. The Kier molecular flexibility index (Phi) is 3.90. The van der Waals surface area contributed by atoms with Gasteiger partial charge >= 0.3 is 5.69 Å². The lowest BCUT2D eigenvalue weighted by Crippen LogP contribution is -2.13. The zero-order chi connectivity index (χ0) is 14.7. The second-order valence-electron chi connectivity index (χ2n) is 3.74. The summed E-state index contributed by atoms with van der Waals surface area (Å²) in [6.45, 7) is 0. The first-order valence-electron chi connectivity index (χ1n) is 5.34. The van der Waals surface area contributed by atoms with Crippen molar-refractivity contribution in [3.8, 4) is 0 Å². The molecule has 0 aliphatic heterocycles. The molecule has 1 aromatic carbocycles. The van der Waals surface area contributed by atoms with Gasteiger partial charge < -0.3 is 5.32 Å². The van der Waals surface area contributed by atoms with Gasteiger partial charge in [0.05, 0.1) is 9.95 Å². The number of halogens is 2. The highest BCUT2D eigenvalue weighted by Gasteiger charge is 2.16. The first-order chi connectivity index (χ1) is 9.47. The molecule has 0 saturated heterocycles. The van der Waals surface area contributed by atoms with Gasteiger partial charge in [-0.2, -0.15) is 4.39 Å². The van der Waals surface area contributed by atoms with Crippen molar-refractivity contribution in [1.82, 2.24) is 4.98 Å². The number of nitrogens with one attached hydrogen (secondary N) is 1. The summed E-state index contributed by atoms with van der Waals surface area (Å²) in [4.78, 5) is 25.3. The number of benzene rings is 1. The van der Waals surface area contributed by atoms with Gasteiger partial charge in [-0.3, -0.25) is 14.9 Å². The zero-order valence-electron chi connectivity index (χ0n) is 9.84. The maximum Gasteiger partial charge on any atom is 0.304 e. The van der Waals surface area contributed by atoms with Crippen molar-refractivity contribution < 1.29 is 14.1 Å². The summed E-state index contributed by atoms with van der Waals surface area (Å²) in [5.74, 6) is -1.47. The molecule has 0 aliphatic carbocycles. The lowest BCUT2D eigenvalue weighted by Gasteiger charge is -2.04. The van der Waals surface area contributed by atoms with Crippen LogP contribution in [0.4, 0.5) is 15.9 Å². The Morgan fingerprint density at radius 3 is 2.65 bits per heavy atom. The molecule has 2 aromatic rings. The molecule has 1 aromatic heterocycles. The Morgan fingerprint density at radius 1 is 1.35 bits per heavy atom. The fraction of sp³-hybridized carbons (Fsp3) is 0. The number of carbonyl (C=O) groups excluding carboxylic acids is 1. The molecule has 0 fully saturated rings. The Hall–Kier alpha value is -2.54. The van der Waals surface area contributed by atoms with E-state index >= 15 is 0 Å². The van der Waals surface area contributed by atoms with E-state index in [2.05, 4.69) is 10.3 Å². The van der Waals surface area contributed by atoms with Crippen LogP contribution in [0.1, 0.15) is 10.4 Å². The van der Waals surface area contributed by atoms with Crippen LogP contribution >= 0.6 is 11.6 Å². The summed E-state index contributed by atoms with van der Waals surface area (Å²) >= 11 is 5.64. The van der Waals surface area contributed by atoms with Crippen LogP contribution in [0.25, 0.3) is 0 Å². The van der Waals surface area contributed by atoms with E-state index in [4.69, 9.17) is 11.6 Å². The monoisotopic (exact) mass is 295 g/mol. The van der Waals surface area contributed by atoms with E-state index in [0.717, 1.165) is 18.2 Å². The van der Waals surface area contributed by atoms with Crippen LogP contribution in [0.2, 0.25) is 5.02 Å². The zero-order valence-corrected chi connectivity index (χ0v) is 10.6. The van der Waals surface area contributed by atoms with Gasteiger partial charge in [-0.1, -0.05) is 11.6 Å². The van der Waals surface area contributed by atoms with Crippen molar-refractivity contribution >= 4 is 29.0 Å². The third-order valence-corrected chi connectivity index (χ3v) is 2.60. The highest BCUT2D eigenvalue weighted by atomic mass is 35.5. The summed E-state index contributed by atoms with van der Waals surface area (Å²) in [5.41, 5.74) is -0.740. The lowest BCUT2D eigenvalue weighted by atomic mass is 10.2. The van der Waals surface area contributed by atoms with Gasteiger partial charge in [0.2, 0.25) is 5.82 Å². The van der Waals surface area contributed by atoms with Crippen LogP contribution in [0.15, 0.2) is 36.5 Å². The number of nitro groups is 1. The summed E-state index contributed by atoms with van der Waals surface area (Å²) in [7, 11) is 0. The fourth-order valence-electron chi connectivity index (χ4n) is 1.43. The van der Waals surface area contributed by atoms with Crippen LogP contribution < -0.4 is 5.32 Å². The van der Waals surface area contributed by atoms with Crippen molar-refractivity contribution in [2.24, 2.45) is 0 Å². The quantitative estimate of drug-likeness (QED) is 0.696. The highest BCUT2D eigenvalue weighted by molar-refractivity contribution is 6.30. The number of anilines is 1. The van der Waals surface area contributed by atoms with Gasteiger partial charge in [-0.15, -0.1) is 0 Å². The van der Waals surface area contributed by atoms with E-state index in [1.807, 2.05) is 0 Å². The number of pyridine rings is 1. The molecule has 6 nitrogen and oxygen atoms in total. The van der Waals surface area contributed by atoms with Crippen LogP contribution in [0, 0.1) is 15.9 Å². The van der Waals surface area contributed by atoms with Crippen molar-refractivity contribution in [2.45, 2.75) is 0 Å². The average molecular weight is 296 g/mol.